The van der Waals surface area contributed by atoms with Crippen LogP contribution in [0.2, 0.25) is 0 Å². The number of rotatable bonds is 5. The van der Waals surface area contributed by atoms with Crippen LogP contribution in [0.4, 0.5) is 11.4 Å². The van der Waals surface area contributed by atoms with Gasteiger partial charge in [-0.2, -0.15) is 5.10 Å². The molecule has 0 unspecified atom stereocenters. The van der Waals surface area contributed by atoms with E-state index in [-0.39, 0.29) is 17.1 Å². The molecule has 0 aliphatic rings. The fourth-order valence-electron chi connectivity index (χ4n) is 2.64. The van der Waals surface area contributed by atoms with Crippen LogP contribution >= 0.6 is 0 Å². The summed E-state index contributed by atoms with van der Waals surface area (Å²) in [5.41, 5.74) is 2.01. The van der Waals surface area contributed by atoms with Gasteiger partial charge in [0.2, 0.25) is 0 Å². The molecule has 8 nitrogen and oxygen atoms in total. The van der Waals surface area contributed by atoms with Gasteiger partial charge in [0.05, 0.1) is 22.4 Å². The van der Waals surface area contributed by atoms with Crippen LogP contribution in [0.3, 0.4) is 0 Å². The average Bonchev–Trinajstić information content (AvgIpc) is 2.95. The summed E-state index contributed by atoms with van der Waals surface area (Å²) in [6.07, 6.45) is 0. The second kappa shape index (κ2) is 7.28. The third-order valence-electron chi connectivity index (χ3n) is 3.92. The molecule has 138 valence electrons. The summed E-state index contributed by atoms with van der Waals surface area (Å²) in [6, 6.07) is 13.1. The highest BCUT2D eigenvalue weighted by molar-refractivity contribution is 6.03. The second-order valence-electron chi connectivity index (χ2n) is 6.09. The van der Waals surface area contributed by atoms with E-state index in [0.29, 0.717) is 17.1 Å². The van der Waals surface area contributed by atoms with E-state index in [1.165, 1.54) is 16.8 Å². The van der Waals surface area contributed by atoms with Crippen LogP contribution < -0.4 is 10.1 Å². The van der Waals surface area contributed by atoms with Crippen molar-refractivity contribution in [2.75, 3.05) is 5.32 Å². The van der Waals surface area contributed by atoms with Crippen LogP contribution in [0, 0.1) is 24.0 Å². The van der Waals surface area contributed by atoms with Crippen LogP contribution in [0.1, 0.15) is 21.7 Å². The molecule has 0 aliphatic heterocycles. The molecule has 27 heavy (non-hydrogen) atoms. The number of carbonyl (C=O) groups excluding carboxylic acids is 1. The average molecular weight is 366 g/mol. The number of anilines is 1. The van der Waals surface area contributed by atoms with E-state index in [9.17, 15) is 14.9 Å². The number of benzene rings is 2. The van der Waals surface area contributed by atoms with Gasteiger partial charge in [0.1, 0.15) is 17.2 Å². The number of para-hydroxylation sites is 1. The van der Waals surface area contributed by atoms with E-state index < -0.39 is 10.8 Å². The lowest BCUT2D eigenvalue weighted by molar-refractivity contribution is -0.384. The lowest BCUT2D eigenvalue weighted by Crippen LogP contribution is -2.16. The van der Waals surface area contributed by atoms with Crippen molar-refractivity contribution in [2.24, 2.45) is 7.05 Å². The van der Waals surface area contributed by atoms with Gasteiger partial charge in [-0.25, -0.2) is 0 Å². The van der Waals surface area contributed by atoms with E-state index >= 15 is 0 Å². The van der Waals surface area contributed by atoms with Crippen molar-refractivity contribution in [1.82, 2.24) is 9.78 Å². The zero-order chi connectivity index (χ0) is 19.6. The number of aryl methyl sites for hydroxylation is 3. The Morgan fingerprint density at radius 3 is 2.56 bits per heavy atom. The largest absolute Gasteiger partial charge is 0.457 e. The van der Waals surface area contributed by atoms with Crippen molar-refractivity contribution in [3.8, 4) is 11.5 Å². The molecule has 8 heteroatoms. The summed E-state index contributed by atoms with van der Waals surface area (Å²) in [7, 11) is 1.65. The SMILES string of the molecule is Cc1cc(C(=O)Nc2cc(Oc3ccccc3C)cc([N+](=O)[O-])c2)n(C)n1. The first-order valence-corrected chi connectivity index (χ1v) is 8.18. The van der Waals surface area contributed by atoms with Gasteiger partial charge >= 0.3 is 0 Å². The molecule has 0 bridgehead atoms. The summed E-state index contributed by atoms with van der Waals surface area (Å²) in [4.78, 5) is 23.2. The van der Waals surface area contributed by atoms with Gasteiger partial charge < -0.3 is 10.1 Å². The van der Waals surface area contributed by atoms with Crippen LogP contribution in [0.15, 0.2) is 48.5 Å². The Morgan fingerprint density at radius 2 is 1.93 bits per heavy atom. The quantitative estimate of drug-likeness (QED) is 0.544. The van der Waals surface area contributed by atoms with Gasteiger partial charge in [-0.05, 0) is 31.5 Å². The molecule has 1 amide bonds. The molecule has 1 N–H and O–H groups in total. The minimum atomic E-state index is -0.533. The zero-order valence-corrected chi connectivity index (χ0v) is 15.1. The molecule has 3 aromatic rings. The van der Waals surface area contributed by atoms with Gasteiger partial charge in [-0.15, -0.1) is 0 Å². The number of amides is 1. The van der Waals surface area contributed by atoms with Gasteiger partial charge in [-0.3, -0.25) is 19.6 Å². The molecule has 0 atom stereocenters. The minimum Gasteiger partial charge on any atom is -0.457 e. The Labute approximate surface area is 155 Å². The third kappa shape index (κ3) is 4.12. The van der Waals surface area contributed by atoms with Crippen molar-refractivity contribution < 1.29 is 14.5 Å². The highest BCUT2D eigenvalue weighted by Crippen LogP contribution is 2.31. The Morgan fingerprint density at radius 1 is 1.19 bits per heavy atom. The van der Waals surface area contributed by atoms with Gasteiger partial charge in [-0.1, -0.05) is 18.2 Å². The van der Waals surface area contributed by atoms with Crippen molar-refractivity contribution in [3.63, 3.8) is 0 Å². The molecule has 0 saturated heterocycles. The molecule has 2 aromatic carbocycles. The summed E-state index contributed by atoms with van der Waals surface area (Å²) < 4.78 is 7.23. The number of nitrogens with zero attached hydrogens (tertiary/aromatic N) is 3. The van der Waals surface area contributed by atoms with Crippen LogP contribution in [0.5, 0.6) is 11.5 Å². The maximum Gasteiger partial charge on any atom is 0.275 e. The fraction of sp³-hybridized carbons (Fsp3) is 0.158. The summed E-state index contributed by atoms with van der Waals surface area (Å²) in [6.45, 7) is 3.65. The lowest BCUT2D eigenvalue weighted by atomic mass is 10.2. The predicted molar refractivity (Wildman–Crippen MR) is 100 cm³/mol. The molecular weight excluding hydrogens is 348 g/mol. The minimum absolute atomic E-state index is 0.183. The molecule has 3 rings (SSSR count). The van der Waals surface area contributed by atoms with Gasteiger partial charge in [0.25, 0.3) is 11.6 Å². The maximum atomic E-state index is 12.5. The smallest absolute Gasteiger partial charge is 0.275 e. The van der Waals surface area contributed by atoms with Crippen LogP contribution in [0.25, 0.3) is 0 Å². The first kappa shape index (κ1) is 18.1. The second-order valence-corrected chi connectivity index (χ2v) is 6.09. The van der Waals surface area contributed by atoms with Crippen LogP contribution in [-0.2, 0) is 7.05 Å². The highest BCUT2D eigenvalue weighted by atomic mass is 16.6. The number of nitrogens with one attached hydrogen (secondary N) is 1. The number of nitro benzene ring substituents is 1. The molecule has 0 spiro atoms. The van der Waals surface area contributed by atoms with Crippen molar-refractivity contribution >= 4 is 17.3 Å². The first-order chi connectivity index (χ1) is 12.8. The summed E-state index contributed by atoms with van der Waals surface area (Å²) in [5, 5.41) is 18.1. The van der Waals surface area contributed by atoms with E-state index in [1.54, 1.807) is 32.2 Å². The van der Waals surface area contributed by atoms with E-state index in [4.69, 9.17) is 4.74 Å². The molecule has 0 radical (unpaired) electrons. The monoisotopic (exact) mass is 366 g/mol. The van der Waals surface area contributed by atoms with Crippen molar-refractivity contribution in [3.05, 3.63) is 75.6 Å². The molecule has 0 saturated carbocycles. The maximum absolute atomic E-state index is 12.5. The third-order valence-corrected chi connectivity index (χ3v) is 3.92. The number of ether oxygens (including phenoxy) is 1. The van der Waals surface area contributed by atoms with Gasteiger partial charge in [0, 0.05) is 19.2 Å². The Balaban J connectivity index is 1.92. The number of hydrogen-bond donors (Lipinski definition) is 1. The zero-order valence-electron chi connectivity index (χ0n) is 15.1. The molecule has 0 aliphatic carbocycles. The topological polar surface area (TPSA) is 99.3 Å². The fourth-order valence-corrected chi connectivity index (χ4v) is 2.64. The number of non-ortho nitro benzene ring substituents is 1. The Bertz CT molecular complexity index is 1030. The Kier molecular flexibility index (Phi) is 4.89. The van der Waals surface area contributed by atoms with Crippen LogP contribution in [-0.4, -0.2) is 20.6 Å². The predicted octanol–water partition coefficient (Wildman–Crippen LogP) is 3.99. The number of aromatic nitrogens is 2. The van der Waals surface area contributed by atoms with E-state index in [2.05, 4.69) is 10.4 Å². The summed E-state index contributed by atoms with van der Waals surface area (Å²) >= 11 is 0. The van der Waals surface area contributed by atoms with Crippen molar-refractivity contribution in [1.29, 1.82) is 0 Å². The standard InChI is InChI=1S/C19H18N4O4/c1-12-6-4-5-7-18(12)27-16-10-14(9-15(11-16)23(25)26)20-19(24)17-8-13(2)21-22(17)3/h4-11H,1-3H3,(H,20,24). The van der Waals surface area contributed by atoms with Gasteiger partial charge in [0.15, 0.2) is 0 Å². The molecule has 0 fully saturated rings. The lowest BCUT2D eigenvalue weighted by Gasteiger charge is -2.11. The summed E-state index contributed by atoms with van der Waals surface area (Å²) in [5.74, 6) is 0.424. The normalized spacial score (nSPS) is 10.5. The number of carbonyl (C=O) groups is 1. The van der Waals surface area contributed by atoms with Crippen molar-refractivity contribution in [2.45, 2.75) is 13.8 Å². The first-order valence-electron chi connectivity index (χ1n) is 8.18. The van der Waals surface area contributed by atoms with E-state index in [1.807, 2.05) is 25.1 Å². The Hall–Kier alpha value is -3.68. The molecular formula is C19H18N4O4. The molecule has 1 aromatic heterocycles. The number of nitro groups is 1. The molecule has 1 heterocycles. The highest BCUT2D eigenvalue weighted by Gasteiger charge is 2.16. The number of hydrogen-bond acceptors (Lipinski definition) is 5. The van der Waals surface area contributed by atoms with E-state index in [0.717, 1.165) is 5.56 Å².